The molecule has 0 aliphatic carbocycles. The van der Waals surface area contributed by atoms with Gasteiger partial charge >= 0.3 is 0 Å². The lowest BCUT2D eigenvalue weighted by Gasteiger charge is -2.14. The summed E-state index contributed by atoms with van der Waals surface area (Å²) in [6.07, 6.45) is 2.18. The second-order valence-electron chi connectivity index (χ2n) is 6.97. The van der Waals surface area contributed by atoms with Crippen LogP contribution in [0.1, 0.15) is 30.0 Å². The Labute approximate surface area is 171 Å². The van der Waals surface area contributed by atoms with Gasteiger partial charge in [-0.25, -0.2) is 4.39 Å². The van der Waals surface area contributed by atoms with Crippen LogP contribution in [0.15, 0.2) is 72.8 Å². The van der Waals surface area contributed by atoms with Gasteiger partial charge in [0.15, 0.2) is 0 Å². The molecule has 28 heavy (non-hydrogen) atoms. The number of hydrogen-bond acceptors (Lipinski definition) is 2. The number of hydrogen-bond donors (Lipinski definition) is 1. The second kappa shape index (κ2) is 10.3. The van der Waals surface area contributed by atoms with Crippen LogP contribution in [0.4, 0.5) is 4.39 Å². The van der Waals surface area contributed by atoms with Gasteiger partial charge in [0, 0.05) is 18.2 Å². The molecule has 3 aromatic rings. The Kier molecular flexibility index (Phi) is 7.46. The molecule has 0 unspecified atom stereocenters. The summed E-state index contributed by atoms with van der Waals surface area (Å²) in [5, 5.41) is 3.95. The van der Waals surface area contributed by atoms with Gasteiger partial charge in [-0.05, 0) is 55.2 Å². The minimum atomic E-state index is -0.344. The van der Waals surface area contributed by atoms with Crippen LogP contribution in [0, 0.1) is 5.82 Å². The molecule has 0 radical (unpaired) electrons. The summed E-state index contributed by atoms with van der Waals surface area (Å²) >= 11 is 6.03. The van der Waals surface area contributed by atoms with Crippen LogP contribution < -0.4 is 10.1 Å². The maximum Gasteiger partial charge on any atom is 0.124 e. The van der Waals surface area contributed by atoms with Crippen LogP contribution in [0.2, 0.25) is 5.02 Å². The van der Waals surface area contributed by atoms with Gasteiger partial charge in [0.2, 0.25) is 0 Å². The fourth-order valence-corrected chi connectivity index (χ4v) is 3.15. The second-order valence-corrected chi connectivity index (χ2v) is 7.38. The zero-order chi connectivity index (χ0) is 19.8. The molecule has 0 spiro atoms. The first-order valence-electron chi connectivity index (χ1n) is 9.53. The summed E-state index contributed by atoms with van der Waals surface area (Å²) in [5.74, 6) is 0.421. The van der Waals surface area contributed by atoms with Crippen molar-refractivity contribution in [2.75, 3.05) is 0 Å². The average molecular weight is 398 g/mol. The Morgan fingerprint density at radius 2 is 1.71 bits per heavy atom. The zero-order valence-corrected chi connectivity index (χ0v) is 16.8. The molecule has 3 rings (SSSR count). The van der Waals surface area contributed by atoms with E-state index in [1.54, 1.807) is 6.07 Å². The van der Waals surface area contributed by atoms with E-state index in [4.69, 9.17) is 16.3 Å². The highest BCUT2D eigenvalue weighted by atomic mass is 35.5. The first kappa shape index (κ1) is 20.4. The molecule has 0 bridgehead atoms. The summed E-state index contributed by atoms with van der Waals surface area (Å²) in [6.45, 7) is 3.35. The number of benzene rings is 3. The Morgan fingerprint density at radius 3 is 2.43 bits per heavy atom. The summed E-state index contributed by atoms with van der Waals surface area (Å²) in [5.41, 5.74) is 3.35. The van der Waals surface area contributed by atoms with Gasteiger partial charge < -0.3 is 10.1 Å². The van der Waals surface area contributed by atoms with E-state index in [9.17, 15) is 4.39 Å². The Balaban J connectivity index is 1.42. The van der Waals surface area contributed by atoms with E-state index in [-0.39, 0.29) is 5.82 Å². The number of aryl methyl sites for hydroxylation is 1. The normalized spacial score (nSPS) is 12.0. The minimum absolute atomic E-state index is 0.313. The predicted molar refractivity (Wildman–Crippen MR) is 113 cm³/mol. The van der Waals surface area contributed by atoms with E-state index < -0.39 is 0 Å². The molecule has 0 heterocycles. The van der Waals surface area contributed by atoms with Crippen LogP contribution >= 0.6 is 11.6 Å². The zero-order valence-electron chi connectivity index (χ0n) is 16.0. The number of rotatable bonds is 9. The molecule has 0 fully saturated rings. The van der Waals surface area contributed by atoms with E-state index >= 15 is 0 Å². The molecule has 0 aromatic heterocycles. The topological polar surface area (TPSA) is 21.3 Å². The molecule has 0 aliphatic heterocycles. The summed E-state index contributed by atoms with van der Waals surface area (Å²) in [4.78, 5) is 0. The number of halogens is 2. The molecule has 3 aromatic carbocycles. The van der Waals surface area contributed by atoms with Gasteiger partial charge in [0.1, 0.15) is 18.2 Å². The molecule has 0 amide bonds. The van der Waals surface area contributed by atoms with Crippen LogP contribution in [0.5, 0.6) is 5.75 Å². The maximum atomic E-state index is 13.1. The molecule has 0 saturated heterocycles. The third kappa shape index (κ3) is 6.36. The lowest BCUT2D eigenvalue weighted by atomic mass is 10.1. The van der Waals surface area contributed by atoms with Gasteiger partial charge in [-0.15, -0.1) is 0 Å². The molecule has 4 heteroatoms. The van der Waals surface area contributed by atoms with Crippen molar-refractivity contribution in [3.05, 3.63) is 100 Å². The maximum absolute atomic E-state index is 13.1. The van der Waals surface area contributed by atoms with Gasteiger partial charge in [-0.2, -0.15) is 0 Å². The molecular formula is C24H25ClFNO. The predicted octanol–water partition coefficient (Wildman–Crippen LogP) is 6.17. The number of nitrogens with one attached hydrogen (secondary N) is 1. The first-order chi connectivity index (χ1) is 13.6. The molecule has 0 saturated carbocycles. The quantitative estimate of drug-likeness (QED) is 0.466. The SMILES string of the molecule is C[C@H](CCc1ccccc1)NCc1ccc(OCc2ccc(F)cc2Cl)cc1. The van der Waals surface area contributed by atoms with Gasteiger partial charge in [-0.1, -0.05) is 60.1 Å². The fourth-order valence-electron chi connectivity index (χ4n) is 2.93. The van der Waals surface area contributed by atoms with E-state index in [0.717, 1.165) is 30.7 Å². The summed E-state index contributed by atoms with van der Waals surface area (Å²) in [7, 11) is 0. The first-order valence-corrected chi connectivity index (χ1v) is 9.91. The van der Waals surface area contributed by atoms with Gasteiger partial charge in [0.25, 0.3) is 0 Å². The molecule has 146 valence electrons. The van der Waals surface area contributed by atoms with E-state index in [1.165, 1.54) is 23.3 Å². The van der Waals surface area contributed by atoms with E-state index in [1.807, 2.05) is 18.2 Å². The van der Waals surface area contributed by atoms with Gasteiger partial charge in [-0.3, -0.25) is 0 Å². The highest BCUT2D eigenvalue weighted by molar-refractivity contribution is 6.31. The van der Waals surface area contributed by atoms with E-state index in [2.05, 4.69) is 48.6 Å². The lowest BCUT2D eigenvalue weighted by molar-refractivity contribution is 0.306. The molecule has 1 atom stereocenters. The van der Waals surface area contributed by atoms with Crippen LogP contribution in [0.25, 0.3) is 0 Å². The number of ether oxygens (including phenoxy) is 1. The van der Waals surface area contributed by atoms with Crippen molar-refractivity contribution < 1.29 is 9.13 Å². The van der Waals surface area contributed by atoms with Crippen molar-refractivity contribution in [3.63, 3.8) is 0 Å². The van der Waals surface area contributed by atoms with Gasteiger partial charge in [0.05, 0.1) is 5.02 Å². The Hall–Kier alpha value is -2.36. The molecule has 1 N–H and O–H groups in total. The fraction of sp³-hybridized carbons (Fsp3) is 0.250. The van der Waals surface area contributed by atoms with Crippen molar-refractivity contribution in [3.8, 4) is 5.75 Å². The lowest BCUT2D eigenvalue weighted by Crippen LogP contribution is -2.25. The standard InChI is InChI=1S/C24H25ClFNO/c1-18(7-8-19-5-3-2-4-6-19)27-16-20-9-13-23(14-10-20)28-17-21-11-12-22(26)15-24(21)25/h2-6,9-15,18,27H,7-8,16-17H2,1H3/t18-/m1/s1. The van der Waals surface area contributed by atoms with E-state index in [0.29, 0.717) is 17.7 Å². The molecule has 2 nitrogen and oxygen atoms in total. The Bertz CT molecular complexity index is 868. The van der Waals surface area contributed by atoms with Crippen molar-refractivity contribution in [1.29, 1.82) is 0 Å². The van der Waals surface area contributed by atoms with Crippen LogP contribution in [-0.4, -0.2) is 6.04 Å². The monoisotopic (exact) mass is 397 g/mol. The smallest absolute Gasteiger partial charge is 0.124 e. The van der Waals surface area contributed by atoms with Crippen LogP contribution in [-0.2, 0) is 19.6 Å². The largest absolute Gasteiger partial charge is 0.489 e. The summed E-state index contributed by atoms with van der Waals surface area (Å²) < 4.78 is 18.8. The average Bonchev–Trinajstić information content (AvgIpc) is 2.71. The minimum Gasteiger partial charge on any atom is -0.489 e. The molecule has 0 aliphatic rings. The van der Waals surface area contributed by atoms with Crippen molar-refractivity contribution >= 4 is 11.6 Å². The summed E-state index contributed by atoms with van der Waals surface area (Å²) in [6, 6.07) is 23.3. The third-order valence-electron chi connectivity index (χ3n) is 4.70. The molecular weight excluding hydrogens is 373 g/mol. The Morgan fingerprint density at radius 1 is 0.964 bits per heavy atom. The van der Waals surface area contributed by atoms with Crippen molar-refractivity contribution in [1.82, 2.24) is 5.32 Å². The van der Waals surface area contributed by atoms with Crippen molar-refractivity contribution in [2.45, 2.75) is 39.0 Å². The van der Waals surface area contributed by atoms with Crippen LogP contribution in [0.3, 0.4) is 0 Å². The highest BCUT2D eigenvalue weighted by Crippen LogP contribution is 2.20. The highest BCUT2D eigenvalue weighted by Gasteiger charge is 2.05. The third-order valence-corrected chi connectivity index (χ3v) is 5.05. The van der Waals surface area contributed by atoms with Crippen molar-refractivity contribution in [2.24, 2.45) is 0 Å².